The van der Waals surface area contributed by atoms with Crippen LogP contribution in [0.15, 0.2) is 54.9 Å². The Labute approximate surface area is 106 Å². The average molecular weight is 242 g/mol. The molecule has 0 amide bonds. The molecule has 0 radical (unpaired) electrons. The van der Waals surface area contributed by atoms with Crippen molar-refractivity contribution in [3.05, 3.63) is 60.4 Å². The van der Waals surface area contributed by atoms with E-state index in [1.165, 1.54) is 6.20 Å². The van der Waals surface area contributed by atoms with Gasteiger partial charge in [-0.05, 0) is 24.6 Å². The van der Waals surface area contributed by atoms with Crippen LogP contribution in [-0.2, 0) is 4.74 Å². The van der Waals surface area contributed by atoms with Gasteiger partial charge in [0.15, 0.2) is 0 Å². The fourth-order valence-electron chi connectivity index (χ4n) is 1.42. The number of aromatic nitrogens is 2. The molecule has 0 saturated carbocycles. The molecule has 0 bridgehead atoms. The number of rotatable bonds is 4. The Bertz CT molecular complexity index is 558. The Hall–Kier alpha value is -2.36. The Balaban J connectivity index is 2.11. The minimum absolute atomic E-state index is 0.231. The number of benzene rings is 1. The first-order valence-corrected chi connectivity index (χ1v) is 5.58. The van der Waals surface area contributed by atoms with Crippen LogP contribution in [0.2, 0.25) is 0 Å². The zero-order valence-corrected chi connectivity index (χ0v) is 10.2. The second-order valence-electron chi connectivity index (χ2n) is 4.04. The van der Waals surface area contributed by atoms with Crippen LogP contribution in [0.25, 0.3) is 5.69 Å². The number of esters is 1. The summed E-state index contributed by atoms with van der Waals surface area (Å²) in [7, 11) is 0. The van der Waals surface area contributed by atoms with Crippen molar-refractivity contribution in [1.82, 2.24) is 9.78 Å². The van der Waals surface area contributed by atoms with E-state index in [4.69, 9.17) is 4.74 Å². The third-order valence-electron chi connectivity index (χ3n) is 2.29. The van der Waals surface area contributed by atoms with Crippen LogP contribution in [0.3, 0.4) is 0 Å². The molecule has 0 N–H and O–H groups in total. The molecule has 0 aliphatic heterocycles. The number of nitrogens with zero attached hydrogens (tertiary/aromatic N) is 2. The Morgan fingerprint density at radius 3 is 2.78 bits per heavy atom. The molecule has 4 nitrogen and oxygen atoms in total. The monoisotopic (exact) mass is 242 g/mol. The molecule has 92 valence electrons. The zero-order valence-electron chi connectivity index (χ0n) is 10.2. The van der Waals surface area contributed by atoms with E-state index in [0.29, 0.717) is 5.56 Å². The molecule has 0 spiro atoms. The molecule has 1 heterocycles. The summed E-state index contributed by atoms with van der Waals surface area (Å²) in [5.41, 5.74) is 2.13. The van der Waals surface area contributed by atoms with Crippen molar-refractivity contribution in [2.75, 3.05) is 6.61 Å². The van der Waals surface area contributed by atoms with Gasteiger partial charge in [0.05, 0.1) is 17.4 Å². The van der Waals surface area contributed by atoms with E-state index in [9.17, 15) is 4.79 Å². The third-order valence-corrected chi connectivity index (χ3v) is 2.29. The van der Waals surface area contributed by atoms with Gasteiger partial charge in [0, 0.05) is 6.20 Å². The number of ether oxygens (including phenoxy) is 1. The summed E-state index contributed by atoms with van der Waals surface area (Å²) >= 11 is 0. The van der Waals surface area contributed by atoms with Crippen molar-refractivity contribution in [1.29, 1.82) is 0 Å². The van der Waals surface area contributed by atoms with Crippen molar-refractivity contribution in [2.45, 2.75) is 6.92 Å². The fraction of sp³-hybridized carbons (Fsp3) is 0.143. The van der Waals surface area contributed by atoms with Crippen LogP contribution in [0.5, 0.6) is 0 Å². The van der Waals surface area contributed by atoms with Gasteiger partial charge in [0.2, 0.25) is 0 Å². The van der Waals surface area contributed by atoms with E-state index >= 15 is 0 Å². The van der Waals surface area contributed by atoms with Crippen LogP contribution < -0.4 is 0 Å². The van der Waals surface area contributed by atoms with Gasteiger partial charge in [-0.15, -0.1) is 0 Å². The largest absolute Gasteiger partial charge is 0.458 e. The summed E-state index contributed by atoms with van der Waals surface area (Å²) in [6.07, 6.45) is 3.14. The normalized spacial score (nSPS) is 10.1. The second-order valence-corrected chi connectivity index (χ2v) is 4.04. The van der Waals surface area contributed by atoms with Gasteiger partial charge >= 0.3 is 5.97 Å². The molecule has 0 aliphatic carbocycles. The Morgan fingerprint density at radius 2 is 2.11 bits per heavy atom. The highest BCUT2D eigenvalue weighted by molar-refractivity contribution is 5.88. The number of hydrogen-bond acceptors (Lipinski definition) is 3. The molecule has 2 aromatic rings. The minimum atomic E-state index is -0.389. The summed E-state index contributed by atoms with van der Waals surface area (Å²) in [5.74, 6) is -0.389. The number of carbonyl (C=O) groups is 1. The smallest absolute Gasteiger partial charge is 0.341 e. The molecule has 1 aromatic carbocycles. The van der Waals surface area contributed by atoms with Gasteiger partial charge < -0.3 is 4.74 Å². The van der Waals surface area contributed by atoms with Gasteiger partial charge in [-0.3, -0.25) is 0 Å². The third kappa shape index (κ3) is 2.85. The lowest BCUT2D eigenvalue weighted by atomic mass is 10.3. The van der Waals surface area contributed by atoms with Crippen LogP contribution in [0, 0.1) is 0 Å². The lowest BCUT2D eigenvalue weighted by Gasteiger charge is -2.01. The number of hydrogen-bond donors (Lipinski definition) is 0. The van der Waals surface area contributed by atoms with E-state index in [2.05, 4.69) is 11.7 Å². The molecule has 1 aromatic heterocycles. The molecule has 0 unspecified atom stereocenters. The van der Waals surface area contributed by atoms with Crippen molar-refractivity contribution in [3.63, 3.8) is 0 Å². The first-order chi connectivity index (χ1) is 8.66. The zero-order chi connectivity index (χ0) is 13.0. The minimum Gasteiger partial charge on any atom is -0.458 e. The van der Waals surface area contributed by atoms with Crippen molar-refractivity contribution in [2.24, 2.45) is 0 Å². The maximum absolute atomic E-state index is 11.7. The average Bonchev–Trinajstić information content (AvgIpc) is 2.86. The van der Waals surface area contributed by atoms with Crippen LogP contribution in [0.4, 0.5) is 0 Å². The molecule has 0 saturated heterocycles. The summed E-state index contributed by atoms with van der Waals surface area (Å²) in [6.45, 7) is 5.71. The molecule has 18 heavy (non-hydrogen) atoms. The lowest BCUT2D eigenvalue weighted by molar-refractivity contribution is 0.0540. The SMILES string of the molecule is C=C(C)COC(=O)c1cnn(-c2ccccc2)c1. The van der Waals surface area contributed by atoms with Crippen LogP contribution in [0.1, 0.15) is 17.3 Å². The van der Waals surface area contributed by atoms with Crippen LogP contribution in [-0.4, -0.2) is 22.4 Å². The Morgan fingerprint density at radius 1 is 1.39 bits per heavy atom. The summed E-state index contributed by atoms with van der Waals surface area (Å²) < 4.78 is 6.68. The molecular weight excluding hydrogens is 228 g/mol. The maximum Gasteiger partial charge on any atom is 0.341 e. The van der Waals surface area contributed by atoms with Gasteiger partial charge in [0.1, 0.15) is 6.61 Å². The van der Waals surface area contributed by atoms with E-state index in [1.54, 1.807) is 17.8 Å². The molecule has 4 heteroatoms. The van der Waals surface area contributed by atoms with Crippen molar-refractivity contribution >= 4 is 5.97 Å². The molecular formula is C14H14N2O2. The van der Waals surface area contributed by atoms with E-state index in [0.717, 1.165) is 11.3 Å². The quantitative estimate of drug-likeness (QED) is 0.611. The lowest BCUT2D eigenvalue weighted by Crippen LogP contribution is -2.05. The van der Waals surface area contributed by atoms with E-state index < -0.39 is 0 Å². The molecule has 2 rings (SSSR count). The van der Waals surface area contributed by atoms with E-state index in [-0.39, 0.29) is 12.6 Å². The van der Waals surface area contributed by atoms with Gasteiger partial charge in [-0.2, -0.15) is 5.10 Å². The van der Waals surface area contributed by atoms with Gasteiger partial charge in [-0.25, -0.2) is 9.48 Å². The highest BCUT2D eigenvalue weighted by atomic mass is 16.5. The number of para-hydroxylation sites is 1. The van der Waals surface area contributed by atoms with Crippen molar-refractivity contribution < 1.29 is 9.53 Å². The highest BCUT2D eigenvalue weighted by Gasteiger charge is 2.10. The van der Waals surface area contributed by atoms with Gasteiger partial charge in [-0.1, -0.05) is 24.8 Å². The Kier molecular flexibility index (Phi) is 3.57. The summed E-state index contributed by atoms with van der Waals surface area (Å²) in [4.78, 5) is 11.7. The summed E-state index contributed by atoms with van der Waals surface area (Å²) in [5, 5.41) is 4.13. The molecule has 0 atom stereocenters. The van der Waals surface area contributed by atoms with Gasteiger partial charge in [0.25, 0.3) is 0 Å². The predicted molar refractivity (Wildman–Crippen MR) is 68.7 cm³/mol. The standard InChI is InChI=1S/C14H14N2O2/c1-11(2)10-18-14(17)12-8-15-16(9-12)13-6-4-3-5-7-13/h3-9H,1,10H2,2H3. The first kappa shape index (κ1) is 12.1. The van der Waals surface area contributed by atoms with Crippen molar-refractivity contribution in [3.8, 4) is 5.69 Å². The highest BCUT2D eigenvalue weighted by Crippen LogP contribution is 2.08. The number of carbonyl (C=O) groups excluding carboxylic acids is 1. The topological polar surface area (TPSA) is 44.1 Å². The predicted octanol–water partition coefficient (Wildman–Crippen LogP) is 2.61. The summed E-state index contributed by atoms with van der Waals surface area (Å²) in [6, 6.07) is 9.58. The van der Waals surface area contributed by atoms with Crippen LogP contribution >= 0.6 is 0 Å². The maximum atomic E-state index is 11.7. The molecule has 0 aliphatic rings. The van der Waals surface area contributed by atoms with E-state index in [1.807, 2.05) is 30.3 Å². The fourth-order valence-corrected chi connectivity index (χ4v) is 1.42. The molecule has 0 fully saturated rings. The second kappa shape index (κ2) is 5.31. The first-order valence-electron chi connectivity index (χ1n) is 5.58.